The van der Waals surface area contributed by atoms with E-state index in [-0.39, 0.29) is 0 Å². The molecule has 0 fully saturated rings. The molecular formula is C60H38N2. The van der Waals surface area contributed by atoms with E-state index < -0.39 is 0 Å². The Kier molecular flexibility index (Phi) is 7.64. The van der Waals surface area contributed by atoms with Crippen molar-refractivity contribution in [3.05, 3.63) is 231 Å². The van der Waals surface area contributed by atoms with Crippen molar-refractivity contribution < 1.29 is 0 Å². The molecule has 0 aliphatic rings. The Morgan fingerprint density at radius 3 is 1.63 bits per heavy atom. The molecule has 0 radical (unpaired) electrons. The molecule has 0 unspecified atom stereocenters. The molecule has 0 N–H and O–H groups in total. The molecule has 0 bridgehead atoms. The van der Waals surface area contributed by atoms with Gasteiger partial charge in [-0.3, -0.25) is 0 Å². The Morgan fingerprint density at radius 1 is 0.290 bits per heavy atom. The van der Waals surface area contributed by atoms with Crippen LogP contribution in [0.3, 0.4) is 0 Å². The van der Waals surface area contributed by atoms with Gasteiger partial charge in [-0.05, 0) is 144 Å². The number of nitrogens with zero attached hydrogens (tertiary/aromatic N) is 2. The fourth-order valence-corrected chi connectivity index (χ4v) is 10.3. The Bertz CT molecular complexity index is 3790. The van der Waals surface area contributed by atoms with E-state index in [0.717, 1.165) is 22.7 Å². The second-order valence-corrected chi connectivity index (χ2v) is 16.5. The summed E-state index contributed by atoms with van der Waals surface area (Å²) < 4.78 is 2.49. The summed E-state index contributed by atoms with van der Waals surface area (Å²) in [6, 6.07) is 84.7. The van der Waals surface area contributed by atoms with Crippen LogP contribution in [0.4, 0.5) is 17.1 Å². The maximum atomic E-state index is 2.49. The lowest BCUT2D eigenvalue weighted by Gasteiger charge is -2.25. The third-order valence-corrected chi connectivity index (χ3v) is 13.1. The average Bonchev–Trinajstić information content (AvgIpc) is 3.67. The number of anilines is 3. The minimum Gasteiger partial charge on any atom is -0.311 e. The molecule has 12 aromatic carbocycles. The van der Waals surface area contributed by atoms with Gasteiger partial charge in [0.15, 0.2) is 0 Å². The fourth-order valence-electron chi connectivity index (χ4n) is 10.3. The van der Waals surface area contributed by atoms with Crippen molar-refractivity contribution in [1.82, 2.24) is 4.57 Å². The molecule has 2 nitrogen and oxygen atoms in total. The van der Waals surface area contributed by atoms with Gasteiger partial charge in [0.05, 0.1) is 11.0 Å². The zero-order valence-electron chi connectivity index (χ0n) is 33.8. The van der Waals surface area contributed by atoms with Gasteiger partial charge in [-0.25, -0.2) is 0 Å². The Hall–Kier alpha value is -8.20. The molecule has 1 aromatic heterocycles. The topological polar surface area (TPSA) is 8.17 Å². The van der Waals surface area contributed by atoms with Crippen LogP contribution in [0.25, 0.3) is 104 Å². The SMILES string of the molecule is c1ccc(N(c2ccccc2)c2ccc(-c3ccc4ccc5c6c(ccc3c46)cc3c4cc(-c6cc7ccccc7c7ccccc67)ccc4n(-c4ccccc4)c35)cc2)cc1. The van der Waals surface area contributed by atoms with Gasteiger partial charge in [0.1, 0.15) is 0 Å². The van der Waals surface area contributed by atoms with Crippen LogP contribution in [0.2, 0.25) is 0 Å². The summed E-state index contributed by atoms with van der Waals surface area (Å²) in [5.41, 5.74) is 11.9. The normalized spacial score (nSPS) is 11.9. The van der Waals surface area contributed by atoms with Gasteiger partial charge in [-0.1, -0.05) is 158 Å². The lowest BCUT2D eigenvalue weighted by Crippen LogP contribution is -2.09. The van der Waals surface area contributed by atoms with E-state index in [2.05, 4.69) is 240 Å². The third-order valence-electron chi connectivity index (χ3n) is 13.1. The van der Waals surface area contributed by atoms with Crippen molar-refractivity contribution in [1.29, 1.82) is 0 Å². The van der Waals surface area contributed by atoms with Crippen molar-refractivity contribution in [3.8, 4) is 27.9 Å². The molecule has 62 heavy (non-hydrogen) atoms. The highest BCUT2D eigenvalue weighted by Gasteiger charge is 2.21. The zero-order chi connectivity index (χ0) is 40.7. The van der Waals surface area contributed by atoms with Gasteiger partial charge >= 0.3 is 0 Å². The molecule has 13 aromatic rings. The van der Waals surface area contributed by atoms with Crippen molar-refractivity contribution in [2.45, 2.75) is 0 Å². The Morgan fingerprint density at radius 2 is 0.871 bits per heavy atom. The summed E-state index contributed by atoms with van der Waals surface area (Å²) in [4.78, 5) is 2.32. The van der Waals surface area contributed by atoms with Crippen molar-refractivity contribution in [2.24, 2.45) is 0 Å². The van der Waals surface area contributed by atoms with Crippen molar-refractivity contribution in [2.75, 3.05) is 4.90 Å². The fraction of sp³-hybridized carbons (Fsp3) is 0. The molecule has 0 saturated heterocycles. The summed E-state index contributed by atoms with van der Waals surface area (Å²) in [7, 11) is 0. The van der Waals surface area contributed by atoms with Gasteiger partial charge in [0, 0.05) is 38.9 Å². The highest BCUT2D eigenvalue weighted by Crippen LogP contribution is 2.46. The zero-order valence-corrected chi connectivity index (χ0v) is 33.8. The monoisotopic (exact) mass is 786 g/mol. The molecule has 0 atom stereocenters. The summed E-state index contributed by atoms with van der Waals surface area (Å²) in [5.74, 6) is 0. The van der Waals surface area contributed by atoms with E-state index in [4.69, 9.17) is 0 Å². The molecule has 0 aliphatic carbocycles. The van der Waals surface area contributed by atoms with E-state index in [0.29, 0.717) is 0 Å². The van der Waals surface area contributed by atoms with Gasteiger partial charge in [0.2, 0.25) is 0 Å². The summed E-state index contributed by atoms with van der Waals surface area (Å²) >= 11 is 0. The first-order valence-electron chi connectivity index (χ1n) is 21.4. The minimum atomic E-state index is 1.12. The maximum Gasteiger partial charge on any atom is 0.0620 e. The molecule has 2 heteroatoms. The predicted molar refractivity (Wildman–Crippen MR) is 265 cm³/mol. The number of benzene rings is 12. The molecule has 13 rings (SSSR count). The molecule has 0 spiro atoms. The molecule has 288 valence electrons. The van der Waals surface area contributed by atoms with E-state index in [1.54, 1.807) is 0 Å². The number of fused-ring (bicyclic) bond motifs is 7. The Balaban J connectivity index is 1.02. The summed E-state index contributed by atoms with van der Waals surface area (Å²) in [5, 5.41) is 15.3. The van der Waals surface area contributed by atoms with Crippen LogP contribution in [-0.2, 0) is 0 Å². The van der Waals surface area contributed by atoms with E-state index in [9.17, 15) is 0 Å². The minimum absolute atomic E-state index is 1.12. The van der Waals surface area contributed by atoms with Crippen LogP contribution >= 0.6 is 0 Å². The number of rotatable bonds is 6. The first kappa shape index (κ1) is 34.6. The van der Waals surface area contributed by atoms with Crippen LogP contribution in [0.15, 0.2) is 231 Å². The van der Waals surface area contributed by atoms with Crippen LogP contribution in [-0.4, -0.2) is 4.57 Å². The maximum absolute atomic E-state index is 2.49. The average molecular weight is 787 g/mol. The van der Waals surface area contributed by atoms with Gasteiger partial charge in [-0.2, -0.15) is 0 Å². The van der Waals surface area contributed by atoms with Gasteiger partial charge < -0.3 is 9.47 Å². The molecular weight excluding hydrogens is 749 g/mol. The smallest absolute Gasteiger partial charge is 0.0620 e. The second-order valence-electron chi connectivity index (χ2n) is 16.5. The van der Waals surface area contributed by atoms with Crippen LogP contribution in [0.5, 0.6) is 0 Å². The van der Waals surface area contributed by atoms with Gasteiger partial charge in [0.25, 0.3) is 0 Å². The lowest BCUT2D eigenvalue weighted by atomic mass is 9.88. The molecule has 0 amide bonds. The van der Waals surface area contributed by atoms with Crippen molar-refractivity contribution in [3.63, 3.8) is 0 Å². The van der Waals surface area contributed by atoms with E-state index >= 15 is 0 Å². The highest BCUT2D eigenvalue weighted by atomic mass is 15.1. The molecule has 0 aliphatic heterocycles. The third kappa shape index (κ3) is 5.23. The van der Waals surface area contributed by atoms with Crippen LogP contribution in [0.1, 0.15) is 0 Å². The number of para-hydroxylation sites is 3. The number of hydrogen-bond donors (Lipinski definition) is 0. The van der Waals surface area contributed by atoms with Crippen molar-refractivity contribution >= 4 is 92.7 Å². The highest BCUT2D eigenvalue weighted by molar-refractivity contribution is 6.33. The second kappa shape index (κ2) is 13.7. The van der Waals surface area contributed by atoms with E-state index in [1.807, 2.05) is 0 Å². The number of aromatic nitrogens is 1. The quantitative estimate of drug-likeness (QED) is 0.152. The number of hydrogen-bond acceptors (Lipinski definition) is 1. The standard InChI is InChI=1S/C60H38N2/c1-4-15-44(16-5-1)61(45-17-6-2-7-18-45)47-30-24-39(25-31-47)49-32-26-40-27-34-53-59-43(28-33-52(49)58(40)59)38-56-55-37-42(29-35-57(55)62(60(53)56)46-19-8-3-9-20-46)54-36-41-14-10-11-21-48(41)50-22-12-13-23-51(50)54/h1-38H. The summed E-state index contributed by atoms with van der Waals surface area (Å²) in [6.45, 7) is 0. The summed E-state index contributed by atoms with van der Waals surface area (Å²) in [6.07, 6.45) is 0. The Labute approximate surface area is 359 Å². The molecule has 0 saturated carbocycles. The largest absolute Gasteiger partial charge is 0.311 e. The molecule has 1 heterocycles. The first-order valence-corrected chi connectivity index (χ1v) is 21.4. The first-order chi connectivity index (χ1) is 30.8. The van der Waals surface area contributed by atoms with Gasteiger partial charge in [-0.15, -0.1) is 0 Å². The van der Waals surface area contributed by atoms with Crippen LogP contribution < -0.4 is 4.90 Å². The predicted octanol–water partition coefficient (Wildman–Crippen LogP) is 16.8. The lowest BCUT2D eigenvalue weighted by molar-refractivity contribution is 1.19. The van der Waals surface area contributed by atoms with E-state index in [1.165, 1.54) is 97.9 Å². The van der Waals surface area contributed by atoms with Crippen LogP contribution in [0, 0.1) is 0 Å².